The van der Waals surface area contributed by atoms with Crippen LogP contribution < -0.4 is 69.5 Å². The van der Waals surface area contributed by atoms with E-state index in [0.29, 0.717) is 5.69 Å². The molecule has 0 aliphatic heterocycles. The van der Waals surface area contributed by atoms with Gasteiger partial charge in [0.25, 0.3) is 5.91 Å². The third-order valence-electron chi connectivity index (χ3n) is 5.85. The molecule has 0 atom stereocenters. The molecule has 4 aromatic rings. The molecule has 1 N–H and O–H groups in total. The van der Waals surface area contributed by atoms with Crippen LogP contribution in [0.3, 0.4) is 0 Å². The smallest absolute Gasteiger partial charge is 0.545 e. The zero-order valence-electron chi connectivity index (χ0n) is 23.4. The number of carboxylic acid groups (broad SMARTS) is 1. The van der Waals surface area contributed by atoms with Crippen molar-refractivity contribution in [3.05, 3.63) is 136 Å². The van der Waals surface area contributed by atoms with Crippen molar-refractivity contribution >= 4 is 35.3 Å². The first kappa shape index (κ1) is 36.6. The zero-order valence-corrected chi connectivity index (χ0v) is 27.4. The molecular weight excluding hydrogens is 556 g/mol. The fraction of sp³-hybridized carbons (Fsp3) is 0.0938. The van der Waals surface area contributed by atoms with Crippen molar-refractivity contribution in [2.45, 2.75) is 19.8 Å². The topological polar surface area (TPSA) is 138 Å². The molecule has 0 aliphatic rings. The minimum Gasteiger partial charge on any atom is -0.545 e. The van der Waals surface area contributed by atoms with Crippen molar-refractivity contribution in [1.29, 1.82) is 0 Å². The number of ketones is 2. The van der Waals surface area contributed by atoms with E-state index in [1.807, 2.05) is 31.2 Å². The van der Waals surface area contributed by atoms with Gasteiger partial charge >= 0.3 is 65.3 Å². The molecule has 4 aromatic carbocycles. The van der Waals surface area contributed by atoms with Crippen LogP contribution in [-0.4, -0.2) is 29.6 Å². The number of hydrogen-bond donors (Lipinski definition) is 1. The van der Waals surface area contributed by atoms with Gasteiger partial charge in [-0.25, -0.2) is 0 Å². The average Bonchev–Trinajstić information content (AvgIpc) is 2.95. The fourth-order valence-electron chi connectivity index (χ4n) is 3.79. The summed E-state index contributed by atoms with van der Waals surface area (Å²) in [6.45, 7) is 1.96. The third-order valence-corrected chi connectivity index (χ3v) is 5.85. The van der Waals surface area contributed by atoms with Gasteiger partial charge in [-0.3, -0.25) is 14.4 Å². The Balaban J connectivity index is 0.00000169. The molecule has 0 spiro atoms. The standard InChI is InChI=1S/C31H24NO5.CO2.2Na/c1-20-7-9-22(10-8-20)16-29(34)25-17-24(28(33)15-21-5-3-2-4-6-21)18-26(19-25)30(35)32-27-13-11-23(12-14-27)31(36)37;2-1-3;;/h3-14,17-19H,15-16H2,1H3,(H,32,35)(H,36,37);;;/q-1;;2*+1/p-1. The predicted octanol–water partition coefficient (Wildman–Crippen LogP) is -2.31. The van der Waals surface area contributed by atoms with Crippen LogP contribution in [0.25, 0.3) is 0 Å². The van der Waals surface area contributed by atoms with Crippen molar-refractivity contribution in [2.24, 2.45) is 0 Å². The number of rotatable bonds is 9. The number of aryl methyl sites for hydroxylation is 1. The molecule has 200 valence electrons. The first-order valence-electron chi connectivity index (χ1n) is 12.0. The van der Waals surface area contributed by atoms with Gasteiger partial charge < -0.3 is 15.2 Å². The summed E-state index contributed by atoms with van der Waals surface area (Å²) < 4.78 is 0. The van der Waals surface area contributed by atoms with E-state index in [9.17, 15) is 24.3 Å². The monoisotopic (exact) mass is 579 g/mol. The van der Waals surface area contributed by atoms with Gasteiger partial charge in [0.05, 0.1) is 5.97 Å². The van der Waals surface area contributed by atoms with Gasteiger partial charge in [-0.15, -0.1) is 0 Å². The van der Waals surface area contributed by atoms with Crippen LogP contribution in [0.5, 0.6) is 0 Å². The Morgan fingerprint density at radius 2 is 1.14 bits per heavy atom. The second kappa shape index (κ2) is 18.2. The Kier molecular flexibility index (Phi) is 15.8. The van der Waals surface area contributed by atoms with Crippen molar-refractivity contribution in [2.75, 3.05) is 5.32 Å². The fourth-order valence-corrected chi connectivity index (χ4v) is 3.79. The molecule has 0 radical (unpaired) electrons. The molecule has 0 bridgehead atoms. The number of amides is 1. The molecule has 1 amide bonds. The molecule has 8 nitrogen and oxygen atoms in total. The maximum Gasteiger partial charge on any atom is 1.00 e. The minimum atomic E-state index is -1.32. The van der Waals surface area contributed by atoms with E-state index in [2.05, 4.69) is 11.4 Å². The van der Waals surface area contributed by atoms with Crippen LogP contribution in [0.1, 0.15) is 58.1 Å². The molecule has 0 aromatic heterocycles. The summed E-state index contributed by atoms with van der Waals surface area (Å²) >= 11 is 0. The van der Waals surface area contributed by atoms with Crippen molar-refractivity contribution in [1.82, 2.24) is 0 Å². The summed E-state index contributed by atoms with van der Waals surface area (Å²) in [5.41, 5.74) is 3.68. The number of aromatic carboxylic acids is 1. The zero-order chi connectivity index (χ0) is 29.1. The summed E-state index contributed by atoms with van der Waals surface area (Å²) in [5.74, 6) is -2.31. The summed E-state index contributed by atoms with van der Waals surface area (Å²) in [5, 5.41) is 13.7. The number of Topliss-reactive ketones (excluding diaryl/α,β-unsaturated/α-hetero) is 2. The average molecular weight is 580 g/mol. The quantitative estimate of drug-likeness (QED) is 0.134. The van der Waals surface area contributed by atoms with E-state index in [0.717, 1.165) is 16.7 Å². The Bertz CT molecular complexity index is 1560. The van der Waals surface area contributed by atoms with Gasteiger partial charge in [-0.1, -0.05) is 42.0 Å². The van der Waals surface area contributed by atoms with Crippen LogP contribution in [0.2, 0.25) is 0 Å². The Labute approximate surface area is 287 Å². The normalized spacial score (nSPS) is 9.45. The summed E-state index contributed by atoms with van der Waals surface area (Å²) in [7, 11) is 0. The Hall–Kier alpha value is -3.46. The first-order valence-corrected chi connectivity index (χ1v) is 12.0. The predicted molar refractivity (Wildman–Crippen MR) is 143 cm³/mol. The molecule has 10 heteroatoms. The van der Waals surface area contributed by atoms with Gasteiger partial charge in [0.1, 0.15) is 0 Å². The number of carbonyl (C=O) groups excluding carboxylic acids is 6. The molecule has 42 heavy (non-hydrogen) atoms. The van der Waals surface area contributed by atoms with Crippen molar-refractivity contribution < 1.29 is 93.0 Å². The Morgan fingerprint density at radius 1 is 0.690 bits per heavy atom. The molecule has 0 fully saturated rings. The van der Waals surface area contributed by atoms with Gasteiger partial charge in [0.15, 0.2) is 11.6 Å². The first-order chi connectivity index (χ1) is 19.2. The number of nitrogens with one attached hydrogen (secondary N) is 1. The molecule has 0 unspecified atom stereocenters. The van der Waals surface area contributed by atoms with Gasteiger partial charge in [0, 0.05) is 35.2 Å². The SMILES string of the molecule is Cc1ccc(CC(=O)c2cc(C(=O)Cc3cc[c-]cc3)cc(C(=O)Nc3ccc(C(=O)[O-])cc3)c2)cc1.O=C=O.[Na+].[Na+]. The van der Waals surface area contributed by atoms with E-state index < -0.39 is 11.9 Å². The van der Waals surface area contributed by atoms with Crippen molar-refractivity contribution in [3.63, 3.8) is 0 Å². The number of carboxylic acids is 1. The molecule has 0 heterocycles. The van der Waals surface area contributed by atoms with E-state index in [1.165, 1.54) is 42.5 Å². The summed E-state index contributed by atoms with van der Waals surface area (Å²) in [4.78, 5) is 66.6. The van der Waals surface area contributed by atoms with E-state index in [4.69, 9.17) is 9.59 Å². The van der Waals surface area contributed by atoms with Crippen LogP contribution in [0, 0.1) is 13.0 Å². The van der Waals surface area contributed by atoms with E-state index in [-0.39, 0.29) is 112 Å². The second-order valence-electron chi connectivity index (χ2n) is 8.80. The van der Waals surface area contributed by atoms with Gasteiger partial charge in [0.2, 0.25) is 0 Å². The van der Waals surface area contributed by atoms with Gasteiger partial charge in [-0.05, 0) is 48.4 Å². The molecule has 0 saturated carbocycles. The number of benzene rings is 4. The van der Waals surface area contributed by atoms with E-state index >= 15 is 0 Å². The third kappa shape index (κ3) is 11.1. The largest absolute Gasteiger partial charge is 1.00 e. The molecule has 0 aliphatic carbocycles. The molecular formula is C32H23NNa2O7. The van der Waals surface area contributed by atoms with Gasteiger partial charge in [-0.2, -0.15) is 45.5 Å². The van der Waals surface area contributed by atoms with E-state index in [1.54, 1.807) is 24.3 Å². The Morgan fingerprint density at radius 3 is 1.62 bits per heavy atom. The van der Waals surface area contributed by atoms with Crippen LogP contribution >= 0.6 is 0 Å². The molecule has 4 rings (SSSR count). The number of anilines is 1. The number of hydrogen-bond acceptors (Lipinski definition) is 7. The maximum absolute atomic E-state index is 13.2. The minimum absolute atomic E-state index is 0. The van der Waals surface area contributed by atoms with Crippen LogP contribution in [0.15, 0.2) is 91.0 Å². The van der Waals surface area contributed by atoms with Crippen molar-refractivity contribution in [3.8, 4) is 0 Å². The number of carbonyl (C=O) groups is 4. The summed E-state index contributed by atoms with van der Waals surface area (Å²) in [6.07, 6.45) is 0.480. The molecule has 0 saturated heterocycles. The second-order valence-corrected chi connectivity index (χ2v) is 8.80. The maximum atomic E-state index is 13.2. The van der Waals surface area contributed by atoms with Crippen LogP contribution in [0.4, 0.5) is 5.69 Å². The summed E-state index contributed by atoms with van der Waals surface area (Å²) in [6, 6.07) is 27.5. The van der Waals surface area contributed by atoms with Crippen LogP contribution in [-0.2, 0) is 22.4 Å².